The Balaban J connectivity index is 1.77. The smallest absolute Gasteiger partial charge is 0.335 e. The van der Waals surface area contributed by atoms with Crippen LogP contribution in [0, 0.1) is 5.92 Å². The number of hydrogen-bond acceptors (Lipinski definition) is 3. The predicted molar refractivity (Wildman–Crippen MR) is 78.3 cm³/mol. The monoisotopic (exact) mass is 297 g/mol. The van der Waals surface area contributed by atoms with Gasteiger partial charge < -0.3 is 9.84 Å². The highest BCUT2D eigenvalue weighted by Crippen LogP contribution is 2.28. The molecule has 1 aliphatic rings. The van der Waals surface area contributed by atoms with Crippen LogP contribution in [0.3, 0.4) is 0 Å². The van der Waals surface area contributed by atoms with E-state index in [0.717, 1.165) is 31.2 Å². The van der Waals surface area contributed by atoms with Crippen molar-refractivity contribution in [1.29, 1.82) is 0 Å². The van der Waals surface area contributed by atoms with Gasteiger partial charge in [0.25, 0.3) is 0 Å². The van der Waals surface area contributed by atoms with E-state index in [1.54, 1.807) is 12.1 Å². The average Bonchev–Trinajstić information content (AvgIpc) is 3.21. The van der Waals surface area contributed by atoms with Gasteiger partial charge in [0, 0.05) is 24.7 Å². The normalized spacial score (nSPS) is 14.8. The van der Waals surface area contributed by atoms with Crippen LogP contribution in [-0.2, 0) is 11.3 Å². The molecule has 4 nitrogen and oxygen atoms in total. The summed E-state index contributed by atoms with van der Waals surface area (Å²) in [6.07, 6.45) is 2.61. The summed E-state index contributed by atoms with van der Waals surface area (Å²) < 4.78 is 5.59. The van der Waals surface area contributed by atoms with Gasteiger partial charge in [-0.25, -0.2) is 4.79 Å². The van der Waals surface area contributed by atoms with Crippen LogP contribution in [0.5, 0.6) is 0 Å². The second-order valence-corrected chi connectivity index (χ2v) is 5.77. The fourth-order valence-corrected chi connectivity index (χ4v) is 2.17. The zero-order valence-electron chi connectivity index (χ0n) is 11.6. The largest absolute Gasteiger partial charge is 0.478 e. The van der Waals surface area contributed by atoms with E-state index in [1.807, 2.05) is 7.05 Å². The second-order valence-electron chi connectivity index (χ2n) is 5.37. The maximum atomic E-state index is 10.8. The van der Waals surface area contributed by atoms with Crippen molar-refractivity contribution < 1.29 is 14.6 Å². The van der Waals surface area contributed by atoms with Gasteiger partial charge in [0.1, 0.15) is 0 Å². The first kappa shape index (κ1) is 15.3. The first-order valence-electron chi connectivity index (χ1n) is 6.84. The third-order valence-corrected chi connectivity index (χ3v) is 3.76. The minimum Gasteiger partial charge on any atom is -0.478 e. The molecular weight excluding hydrogens is 278 g/mol. The van der Waals surface area contributed by atoms with E-state index in [1.165, 1.54) is 18.9 Å². The van der Waals surface area contributed by atoms with Gasteiger partial charge >= 0.3 is 5.97 Å². The van der Waals surface area contributed by atoms with Crippen molar-refractivity contribution >= 4 is 17.6 Å². The van der Waals surface area contributed by atoms with E-state index < -0.39 is 5.97 Å². The molecule has 2 rings (SSSR count). The number of carboxylic acids is 1. The molecule has 1 fully saturated rings. The van der Waals surface area contributed by atoms with E-state index in [4.69, 9.17) is 21.4 Å². The quantitative estimate of drug-likeness (QED) is 0.750. The number of hydrogen-bond donors (Lipinski definition) is 1. The van der Waals surface area contributed by atoms with Crippen molar-refractivity contribution in [2.75, 3.05) is 26.8 Å². The Morgan fingerprint density at radius 2 is 2.25 bits per heavy atom. The molecule has 0 atom stereocenters. The number of carboxylic acid groups (broad SMARTS) is 1. The molecule has 0 saturated heterocycles. The summed E-state index contributed by atoms with van der Waals surface area (Å²) in [4.78, 5) is 13.0. The Labute approximate surface area is 124 Å². The number of likely N-dealkylation sites (N-methyl/N-ethyl adjacent to an activating group) is 1. The molecule has 0 unspecified atom stereocenters. The van der Waals surface area contributed by atoms with Gasteiger partial charge in [-0.2, -0.15) is 0 Å². The molecule has 0 bridgehead atoms. The van der Waals surface area contributed by atoms with Crippen LogP contribution < -0.4 is 0 Å². The molecule has 0 spiro atoms. The Hall–Kier alpha value is -1.10. The van der Waals surface area contributed by atoms with Gasteiger partial charge in [-0.15, -0.1) is 0 Å². The summed E-state index contributed by atoms with van der Waals surface area (Å²) >= 11 is 6.11. The van der Waals surface area contributed by atoms with E-state index >= 15 is 0 Å². The Bertz CT molecular complexity index is 474. The van der Waals surface area contributed by atoms with E-state index in [0.29, 0.717) is 11.6 Å². The van der Waals surface area contributed by atoms with Gasteiger partial charge in [0.2, 0.25) is 0 Å². The summed E-state index contributed by atoms with van der Waals surface area (Å²) in [5, 5.41) is 9.39. The highest BCUT2D eigenvalue weighted by molar-refractivity contribution is 6.31. The lowest BCUT2D eigenvalue weighted by molar-refractivity contribution is 0.0697. The maximum Gasteiger partial charge on any atom is 0.335 e. The molecule has 20 heavy (non-hydrogen) atoms. The summed E-state index contributed by atoms with van der Waals surface area (Å²) in [5.74, 6) is -0.168. The van der Waals surface area contributed by atoms with Crippen molar-refractivity contribution in [1.82, 2.24) is 4.90 Å². The lowest BCUT2D eigenvalue weighted by Gasteiger charge is -2.17. The zero-order valence-corrected chi connectivity index (χ0v) is 12.4. The molecule has 0 heterocycles. The summed E-state index contributed by atoms with van der Waals surface area (Å²) in [6, 6.07) is 4.85. The third-order valence-electron chi connectivity index (χ3n) is 3.41. The summed E-state index contributed by atoms with van der Waals surface area (Å²) in [5.41, 5.74) is 1.15. The molecule has 5 heteroatoms. The third kappa shape index (κ3) is 4.78. The van der Waals surface area contributed by atoms with Crippen molar-refractivity contribution in [2.45, 2.75) is 19.4 Å². The molecule has 110 valence electrons. The summed E-state index contributed by atoms with van der Waals surface area (Å²) in [7, 11) is 2.00. The number of aromatic carboxylic acids is 1. The Kier molecular flexibility index (Phi) is 5.40. The number of halogens is 1. The van der Waals surface area contributed by atoms with Gasteiger partial charge in [-0.3, -0.25) is 4.90 Å². The maximum absolute atomic E-state index is 10.8. The molecule has 1 aliphatic carbocycles. The van der Waals surface area contributed by atoms with E-state index in [-0.39, 0.29) is 5.56 Å². The minimum atomic E-state index is -0.958. The lowest BCUT2D eigenvalue weighted by Crippen LogP contribution is -2.23. The molecule has 0 aliphatic heterocycles. The highest BCUT2D eigenvalue weighted by Gasteiger charge is 2.21. The molecule has 0 amide bonds. The van der Waals surface area contributed by atoms with Crippen LogP contribution in [0.25, 0.3) is 0 Å². The molecule has 1 aromatic rings. The Morgan fingerprint density at radius 3 is 2.85 bits per heavy atom. The molecule has 0 aromatic heterocycles. The average molecular weight is 298 g/mol. The van der Waals surface area contributed by atoms with Crippen LogP contribution in [0.4, 0.5) is 0 Å². The Morgan fingerprint density at radius 1 is 1.50 bits per heavy atom. The van der Waals surface area contributed by atoms with E-state index in [9.17, 15) is 4.79 Å². The first-order chi connectivity index (χ1) is 9.56. The van der Waals surface area contributed by atoms with Crippen LogP contribution >= 0.6 is 11.6 Å². The van der Waals surface area contributed by atoms with Crippen LogP contribution in [0.1, 0.15) is 28.8 Å². The molecule has 1 aromatic carbocycles. The first-order valence-corrected chi connectivity index (χ1v) is 7.22. The van der Waals surface area contributed by atoms with Crippen molar-refractivity contribution in [3.05, 3.63) is 34.3 Å². The van der Waals surface area contributed by atoms with Gasteiger partial charge in [-0.05, 0) is 43.5 Å². The SMILES string of the molecule is CN(CCOCC1CC1)Cc1ccc(C(=O)O)cc1Cl. The van der Waals surface area contributed by atoms with Crippen molar-refractivity contribution in [3.63, 3.8) is 0 Å². The highest BCUT2D eigenvalue weighted by atomic mass is 35.5. The zero-order chi connectivity index (χ0) is 14.5. The number of benzene rings is 1. The number of nitrogens with zero attached hydrogens (tertiary/aromatic N) is 1. The van der Waals surface area contributed by atoms with Gasteiger partial charge in [0.15, 0.2) is 0 Å². The summed E-state index contributed by atoms with van der Waals surface area (Å²) in [6.45, 7) is 3.12. The van der Waals surface area contributed by atoms with Gasteiger partial charge in [0.05, 0.1) is 12.2 Å². The van der Waals surface area contributed by atoms with Crippen molar-refractivity contribution in [3.8, 4) is 0 Å². The fraction of sp³-hybridized carbons (Fsp3) is 0.533. The van der Waals surface area contributed by atoms with Crippen LogP contribution in [0.15, 0.2) is 18.2 Å². The second kappa shape index (κ2) is 7.07. The topological polar surface area (TPSA) is 49.8 Å². The number of rotatable bonds is 8. The lowest BCUT2D eigenvalue weighted by atomic mass is 10.1. The van der Waals surface area contributed by atoms with Crippen LogP contribution in [-0.4, -0.2) is 42.8 Å². The number of ether oxygens (including phenoxy) is 1. The van der Waals surface area contributed by atoms with Gasteiger partial charge in [-0.1, -0.05) is 17.7 Å². The fourth-order valence-electron chi connectivity index (χ4n) is 1.93. The molecule has 1 N–H and O–H groups in total. The van der Waals surface area contributed by atoms with E-state index in [2.05, 4.69) is 4.90 Å². The van der Waals surface area contributed by atoms with Crippen LogP contribution in [0.2, 0.25) is 5.02 Å². The minimum absolute atomic E-state index is 0.217. The molecular formula is C15H20ClNO3. The molecule has 0 radical (unpaired) electrons. The molecule has 1 saturated carbocycles. The van der Waals surface area contributed by atoms with Crippen molar-refractivity contribution in [2.24, 2.45) is 5.92 Å². The predicted octanol–water partition coefficient (Wildman–Crippen LogP) is 2.90. The standard InChI is InChI=1S/C15H20ClNO3/c1-17(6-7-20-10-11-2-3-11)9-13-5-4-12(15(18)19)8-14(13)16/h4-5,8,11H,2-3,6-7,9-10H2,1H3,(H,18,19). The number of carbonyl (C=O) groups is 1.